The van der Waals surface area contributed by atoms with Gasteiger partial charge in [-0.2, -0.15) is 0 Å². The number of aliphatic hydroxyl groups excluding tert-OH is 1. The van der Waals surface area contributed by atoms with Crippen LogP contribution in [0.15, 0.2) is 22.7 Å². The highest BCUT2D eigenvalue weighted by atomic mass is 79.9. The fourth-order valence-electron chi connectivity index (χ4n) is 1.40. The Bertz CT molecular complexity index is 309. The molecule has 0 aliphatic carbocycles. The van der Waals surface area contributed by atoms with Gasteiger partial charge in [0.05, 0.1) is 6.10 Å². The number of aliphatic hydroxyl groups is 1. The fourth-order valence-corrected chi connectivity index (χ4v) is 2.13. The molecule has 0 bridgehead atoms. The van der Waals surface area contributed by atoms with Crippen molar-refractivity contribution in [2.24, 2.45) is 5.92 Å². The van der Waals surface area contributed by atoms with E-state index in [2.05, 4.69) is 29.8 Å². The monoisotopic (exact) mass is 256 g/mol. The lowest BCUT2D eigenvalue weighted by molar-refractivity contribution is 0.115. The van der Waals surface area contributed by atoms with Crippen LogP contribution in [0.4, 0.5) is 0 Å². The van der Waals surface area contributed by atoms with Crippen molar-refractivity contribution in [1.82, 2.24) is 0 Å². The Balaban J connectivity index is 2.95. The Hall–Kier alpha value is -0.340. The molecular weight excluding hydrogens is 240 g/mol. The van der Waals surface area contributed by atoms with Gasteiger partial charge in [-0.05, 0) is 30.0 Å². The summed E-state index contributed by atoms with van der Waals surface area (Å²) < 4.78 is 1.00. The molecule has 1 aromatic carbocycles. The van der Waals surface area contributed by atoms with Crippen molar-refractivity contribution < 1.29 is 5.11 Å². The van der Waals surface area contributed by atoms with Gasteiger partial charge < -0.3 is 5.11 Å². The topological polar surface area (TPSA) is 20.2 Å². The summed E-state index contributed by atoms with van der Waals surface area (Å²) in [6.45, 7) is 6.21. The minimum absolute atomic E-state index is 0.300. The van der Waals surface area contributed by atoms with E-state index in [4.69, 9.17) is 0 Å². The van der Waals surface area contributed by atoms with Crippen LogP contribution >= 0.6 is 15.9 Å². The molecule has 2 atom stereocenters. The first-order valence-corrected chi connectivity index (χ1v) is 5.79. The molecule has 0 spiro atoms. The summed E-state index contributed by atoms with van der Waals surface area (Å²) in [6, 6.07) is 6.07. The Morgan fingerprint density at radius 2 is 2.07 bits per heavy atom. The number of hydrogen-bond donors (Lipinski definition) is 1. The molecule has 78 valence electrons. The normalized spacial score (nSPS) is 15.2. The Morgan fingerprint density at radius 3 is 2.57 bits per heavy atom. The van der Waals surface area contributed by atoms with Crippen LogP contribution in [0.3, 0.4) is 0 Å². The van der Waals surface area contributed by atoms with E-state index in [1.165, 1.54) is 5.56 Å². The van der Waals surface area contributed by atoms with Crippen LogP contribution in [-0.2, 0) is 0 Å². The van der Waals surface area contributed by atoms with E-state index in [0.29, 0.717) is 5.92 Å². The summed E-state index contributed by atoms with van der Waals surface area (Å²) in [4.78, 5) is 0. The number of hydrogen-bond acceptors (Lipinski definition) is 1. The molecule has 1 nitrogen and oxygen atoms in total. The molecule has 0 radical (unpaired) electrons. The third-order valence-corrected chi connectivity index (χ3v) is 3.34. The summed E-state index contributed by atoms with van der Waals surface area (Å²) in [6.07, 6.45) is 0.622. The predicted molar refractivity (Wildman–Crippen MR) is 63.3 cm³/mol. The van der Waals surface area contributed by atoms with E-state index in [1.54, 1.807) is 0 Å². The Morgan fingerprint density at radius 1 is 1.43 bits per heavy atom. The van der Waals surface area contributed by atoms with Gasteiger partial charge in [-0.25, -0.2) is 0 Å². The molecule has 1 N–H and O–H groups in total. The summed E-state index contributed by atoms with van der Waals surface area (Å²) in [5, 5.41) is 10.0. The number of rotatable bonds is 3. The van der Waals surface area contributed by atoms with Crippen LogP contribution in [0, 0.1) is 12.8 Å². The SMILES string of the molecule is CCC(C)C(O)c1ccc(C)cc1Br. The van der Waals surface area contributed by atoms with Gasteiger partial charge in [-0.15, -0.1) is 0 Å². The zero-order valence-electron chi connectivity index (χ0n) is 8.92. The van der Waals surface area contributed by atoms with Gasteiger partial charge in [-0.3, -0.25) is 0 Å². The molecule has 0 aromatic heterocycles. The molecule has 2 heteroatoms. The van der Waals surface area contributed by atoms with E-state index in [0.717, 1.165) is 16.5 Å². The van der Waals surface area contributed by atoms with Gasteiger partial charge in [0.2, 0.25) is 0 Å². The highest BCUT2D eigenvalue weighted by molar-refractivity contribution is 9.10. The third-order valence-electron chi connectivity index (χ3n) is 2.66. The quantitative estimate of drug-likeness (QED) is 0.872. The minimum Gasteiger partial charge on any atom is -0.388 e. The summed E-state index contributed by atoms with van der Waals surface area (Å²) in [5.74, 6) is 0.300. The van der Waals surface area contributed by atoms with Gasteiger partial charge in [-0.1, -0.05) is 48.3 Å². The van der Waals surface area contributed by atoms with E-state index < -0.39 is 0 Å². The van der Waals surface area contributed by atoms with Crippen LogP contribution in [0.25, 0.3) is 0 Å². The highest BCUT2D eigenvalue weighted by Gasteiger charge is 2.16. The first-order chi connectivity index (χ1) is 6.56. The number of halogens is 1. The average Bonchev–Trinajstić information content (AvgIpc) is 2.15. The number of benzene rings is 1. The van der Waals surface area contributed by atoms with Crippen LogP contribution < -0.4 is 0 Å². The second-order valence-corrected chi connectivity index (χ2v) is 4.71. The Kier molecular flexibility index (Phi) is 4.14. The second kappa shape index (κ2) is 4.94. The lowest BCUT2D eigenvalue weighted by Gasteiger charge is -2.19. The zero-order valence-corrected chi connectivity index (χ0v) is 10.5. The van der Waals surface area contributed by atoms with Crippen LogP contribution in [0.5, 0.6) is 0 Å². The first kappa shape index (κ1) is 11.7. The van der Waals surface area contributed by atoms with E-state index in [1.807, 2.05) is 25.1 Å². The summed E-state index contributed by atoms with van der Waals surface area (Å²) in [7, 11) is 0. The predicted octanol–water partition coefficient (Wildman–Crippen LogP) is 3.84. The van der Waals surface area contributed by atoms with Gasteiger partial charge in [0.15, 0.2) is 0 Å². The molecule has 0 aliphatic rings. The average molecular weight is 257 g/mol. The van der Waals surface area contributed by atoms with Gasteiger partial charge >= 0.3 is 0 Å². The van der Waals surface area contributed by atoms with Gasteiger partial charge in [0, 0.05) is 4.47 Å². The van der Waals surface area contributed by atoms with Crippen molar-refractivity contribution in [3.63, 3.8) is 0 Å². The Labute approximate surface area is 94.3 Å². The molecule has 2 unspecified atom stereocenters. The number of aryl methyl sites for hydroxylation is 1. The largest absolute Gasteiger partial charge is 0.388 e. The van der Waals surface area contributed by atoms with Crippen molar-refractivity contribution in [3.05, 3.63) is 33.8 Å². The third kappa shape index (κ3) is 2.58. The minimum atomic E-state index is -0.366. The second-order valence-electron chi connectivity index (χ2n) is 3.86. The molecule has 0 fully saturated rings. The standard InChI is InChI=1S/C12H17BrO/c1-4-9(3)12(14)10-6-5-8(2)7-11(10)13/h5-7,9,12,14H,4H2,1-3H3. The molecule has 0 amide bonds. The van der Waals surface area contributed by atoms with Crippen molar-refractivity contribution in [2.75, 3.05) is 0 Å². The van der Waals surface area contributed by atoms with Crippen LogP contribution in [0.1, 0.15) is 37.5 Å². The lowest BCUT2D eigenvalue weighted by Crippen LogP contribution is -2.08. The molecule has 1 aromatic rings. The maximum atomic E-state index is 10.0. The molecule has 0 saturated carbocycles. The van der Waals surface area contributed by atoms with Gasteiger partial charge in [0.25, 0.3) is 0 Å². The van der Waals surface area contributed by atoms with E-state index in [-0.39, 0.29) is 6.10 Å². The van der Waals surface area contributed by atoms with Crippen molar-refractivity contribution >= 4 is 15.9 Å². The van der Waals surface area contributed by atoms with E-state index in [9.17, 15) is 5.11 Å². The maximum Gasteiger partial charge on any atom is 0.0826 e. The summed E-state index contributed by atoms with van der Waals surface area (Å²) >= 11 is 3.49. The van der Waals surface area contributed by atoms with Gasteiger partial charge in [0.1, 0.15) is 0 Å². The molecular formula is C12H17BrO. The van der Waals surface area contributed by atoms with Crippen molar-refractivity contribution in [2.45, 2.75) is 33.3 Å². The van der Waals surface area contributed by atoms with Crippen molar-refractivity contribution in [3.8, 4) is 0 Å². The molecule has 14 heavy (non-hydrogen) atoms. The van der Waals surface area contributed by atoms with Crippen molar-refractivity contribution in [1.29, 1.82) is 0 Å². The highest BCUT2D eigenvalue weighted by Crippen LogP contribution is 2.30. The zero-order chi connectivity index (χ0) is 10.7. The smallest absolute Gasteiger partial charge is 0.0826 e. The lowest BCUT2D eigenvalue weighted by atomic mass is 9.95. The molecule has 0 heterocycles. The van der Waals surface area contributed by atoms with Crippen LogP contribution in [-0.4, -0.2) is 5.11 Å². The summed E-state index contributed by atoms with van der Waals surface area (Å²) in [5.41, 5.74) is 2.20. The molecule has 1 rings (SSSR count). The maximum absolute atomic E-state index is 10.0. The molecule has 0 aliphatic heterocycles. The first-order valence-electron chi connectivity index (χ1n) is 5.00. The van der Waals surface area contributed by atoms with Crippen LogP contribution in [0.2, 0.25) is 0 Å². The molecule has 0 saturated heterocycles. The van der Waals surface area contributed by atoms with E-state index >= 15 is 0 Å². The fraction of sp³-hybridized carbons (Fsp3) is 0.500.